The number of thiazole rings is 1. The number of anilines is 1. The van der Waals surface area contributed by atoms with Crippen molar-refractivity contribution in [2.24, 2.45) is 0 Å². The van der Waals surface area contributed by atoms with E-state index in [9.17, 15) is 22.7 Å². The first-order valence-electron chi connectivity index (χ1n) is 9.54. The van der Waals surface area contributed by atoms with Crippen LogP contribution < -0.4 is 10.2 Å². The summed E-state index contributed by atoms with van der Waals surface area (Å²) in [7, 11) is 0. The molecule has 0 saturated carbocycles. The van der Waals surface area contributed by atoms with Crippen molar-refractivity contribution in [3.8, 4) is 10.6 Å². The maximum Gasteiger partial charge on any atom is 0.418 e. The van der Waals surface area contributed by atoms with Gasteiger partial charge in [-0.05, 0) is 24.5 Å². The molecule has 5 rings (SSSR count). The zero-order valence-corrected chi connectivity index (χ0v) is 16.4. The van der Waals surface area contributed by atoms with Gasteiger partial charge in [0.2, 0.25) is 0 Å². The first kappa shape index (κ1) is 19.7. The van der Waals surface area contributed by atoms with Crippen LogP contribution in [0.2, 0.25) is 0 Å². The van der Waals surface area contributed by atoms with Gasteiger partial charge in [0.25, 0.3) is 6.01 Å². The number of oxazole rings is 1. The number of rotatable bonds is 4. The monoisotopic (exact) mass is 442 g/mol. The Kier molecular flexibility index (Phi) is 4.71. The smallest absolute Gasteiger partial charge is 0.418 e. The van der Waals surface area contributed by atoms with Crippen LogP contribution in [-0.4, -0.2) is 46.9 Å². The van der Waals surface area contributed by atoms with E-state index in [0.29, 0.717) is 18.1 Å². The normalized spacial score (nSPS) is 22.8. The quantitative estimate of drug-likeness (QED) is 0.597. The fourth-order valence-electron chi connectivity index (χ4n) is 4.34. The first-order chi connectivity index (χ1) is 14.3. The lowest BCUT2D eigenvalue weighted by atomic mass is 9.97. The van der Waals surface area contributed by atoms with Crippen LogP contribution in [0.15, 0.2) is 22.1 Å². The fourth-order valence-corrected chi connectivity index (χ4v) is 4.99. The fraction of sp³-hybridized carbons (Fsp3) is 0.474. The minimum absolute atomic E-state index is 0.0621. The molecule has 0 radical (unpaired) electrons. The second kappa shape index (κ2) is 7.17. The van der Waals surface area contributed by atoms with Gasteiger partial charge in [-0.25, -0.2) is 9.37 Å². The molecule has 0 aliphatic carbocycles. The van der Waals surface area contributed by atoms with Gasteiger partial charge in [0.05, 0.1) is 11.1 Å². The lowest BCUT2D eigenvalue weighted by molar-refractivity contribution is -0.138. The van der Waals surface area contributed by atoms with Gasteiger partial charge in [-0.2, -0.15) is 18.2 Å². The molecule has 2 N–H and O–H groups in total. The van der Waals surface area contributed by atoms with Crippen molar-refractivity contribution in [3.05, 3.63) is 28.8 Å². The van der Waals surface area contributed by atoms with Crippen LogP contribution in [0.25, 0.3) is 21.7 Å². The summed E-state index contributed by atoms with van der Waals surface area (Å²) >= 11 is 1.21. The molecule has 11 heteroatoms. The molecule has 3 aromatic rings. The summed E-state index contributed by atoms with van der Waals surface area (Å²) in [6, 6.07) is 1.69. The molecule has 2 fully saturated rings. The highest BCUT2D eigenvalue weighted by molar-refractivity contribution is 7.13. The molecule has 30 heavy (non-hydrogen) atoms. The Bertz CT molecular complexity index is 1060. The van der Waals surface area contributed by atoms with Crippen molar-refractivity contribution >= 4 is 28.5 Å². The molecule has 3 atom stereocenters. The van der Waals surface area contributed by atoms with Gasteiger partial charge in [0, 0.05) is 36.8 Å². The third-order valence-electron chi connectivity index (χ3n) is 5.62. The molecule has 2 aromatic heterocycles. The van der Waals surface area contributed by atoms with Crippen molar-refractivity contribution < 1.29 is 27.1 Å². The number of aromatic nitrogens is 2. The first-order valence-corrected chi connectivity index (χ1v) is 10.4. The lowest BCUT2D eigenvalue weighted by Gasteiger charge is -2.31. The molecule has 2 aliphatic heterocycles. The Morgan fingerprint density at radius 1 is 1.30 bits per heavy atom. The number of aliphatic hydroxyl groups is 1. The third kappa shape index (κ3) is 3.25. The number of piperazine rings is 1. The molecule has 160 valence electrons. The number of nitrogens with one attached hydrogen (secondary N) is 1. The van der Waals surface area contributed by atoms with Crippen LogP contribution >= 0.6 is 11.3 Å². The van der Waals surface area contributed by atoms with Crippen LogP contribution in [0, 0.1) is 0 Å². The van der Waals surface area contributed by atoms with Gasteiger partial charge in [-0.1, -0.05) is 0 Å². The lowest BCUT2D eigenvalue weighted by Crippen LogP contribution is -2.51. The van der Waals surface area contributed by atoms with Crippen LogP contribution in [0.1, 0.15) is 30.1 Å². The maximum atomic E-state index is 14.0. The van der Waals surface area contributed by atoms with Gasteiger partial charge >= 0.3 is 6.18 Å². The van der Waals surface area contributed by atoms with Gasteiger partial charge in [-0.3, -0.25) is 0 Å². The van der Waals surface area contributed by atoms with Crippen molar-refractivity contribution in [2.75, 3.05) is 24.7 Å². The zero-order chi connectivity index (χ0) is 21.0. The standard InChI is InChI=1S/C19H18F4N4O2S/c20-6-13(28)11-5-12(17-24-3-4-30-17)16-15(14(11)19(21,22)23)26-18(29-16)27-7-9-1-2-10(8-27)25-9/h3-5,9-10,13,25,28H,1-2,6-8H2. The Balaban J connectivity index is 1.74. The highest BCUT2D eigenvalue weighted by atomic mass is 32.1. The molecule has 2 saturated heterocycles. The Hall–Kier alpha value is -2.24. The summed E-state index contributed by atoms with van der Waals surface area (Å²) in [5, 5.41) is 15.6. The zero-order valence-electron chi connectivity index (χ0n) is 15.6. The summed E-state index contributed by atoms with van der Waals surface area (Å²) < 4.78 is 61.0. The summed E-state index contributed by atoms with van der Waals surface area (Å²) in [6.45, 7) is -0.188. The Labute approximate surface area is 172 Å². The topological polar surface area (TPSA) is 74.4 Å². The SMILES string of the molecule is OC(CF)c1cc(-c2nccs2)c2oc(N3CC4CCC(C3)N4)nc2c1C(F)(F)F. The highest BCUT2D eigenvalue weighted by Gasteiger charge is 2.41. The number of aliphatic hydroxyl groups excluding tert-OH is 1. The van der Waals surface area contributed by atoms with Crippen LogP contribution in [0.3, 0.4) is 0 Å². The summed E-state index contributed by atoms with van der Waals surface area (Å²) in [6.07, 6.45) is -3.28. The number of fused-ring (bicyclic) bond motifs is 3. The van der Waals surface area contributed by atoms with E-state index in [1.165, 1.54) is 17.5 Å². The predicted octanol–water partition coefficient (Wildman–Crippen LogP) is 3.91. The van der Waals surface area contributed by atoms with E-state index in [2.05, 4.69) is 15.3 Å². The predicted molar refractivity (Wildman–Crippen MR) is 103 cm³/mol. The number of halogens is 4. The molecule has 4 heterocycles. The van der Waals surface area contributed by atoms with Crippen LogP contribution in [0.4, 0.5) is 23.6 Å². The van der Waals surface area contributed by atoms with Crippen LogP contribution in [-0.2, 0) is 6.18 Å². The van der Waals surface area contributed by atoms with Crippen molar-refractivity contribution in [2.45, 2.75) is 37.2 Å². The highest BCUT2D eigenvalue weighted by Crippen LogP contribution is 2.45. The van der Waals surface area contributed by atoms with Gasteiger partial charge < -0.3 is 19.7 Å². The maximum absolute atomic E-state index is 14.0. The van der Waals surface area contributed by atoms with E-state index in [0.717, 1.165) is 18.9 Å². The van der Waals surface area contributed by atoms with Crippen molar-refractivity contribution in [1.82, 2.24) is 15.3 Å². The largest absolute Gasteiger partial charge is 0.423 e. The van der Waals surface area contributed by atoms with Crippen LogP contribution in [0.5, 0.6) is 0 Å². The minimum Gasteiger partial charge on any atom is -0.423 e. The van der Waals surface area contributed by atoms with E-state index >= 15 is 0 Å². The number of hydrogen-bond acceptors (Lipinski definition) is 7. The van der Waals surface area contributed by atoms with E-state index in [1.54, 1.807) is 5.38 Å². The van der Waals surface area contributed by atoms with E-state index in [-0.39, 0.29) is 29.2 Å². The molecule has 0 amide bonds. The Morgan fingerprint density at radius 2 is 2.03 bits per heavy atom. The van der Waals surface area contributed by atoms with E-state index in [4.69, 9.17) is 4.42 Å². The molecule has 2 aliphatic rings. The molecule has 6 nitrogen and oxygen atoms in total. The molecule has 3 unspecified atom stereocenters. The number of benzene rings is 1. The summed E-state index contributed by atoms with van der Waals surface area (Å²) in [5.74, 6) is 0. The third-order valence-corrected chi connectivity index (χ3v) is 6.43. The Morgan fingerprint density at radius 3 is 2.63 bits per heavy atom. The molecule has 1 aromatic carbocycles. The average Bonchev–Trinajstić information content (AvgIpc) is 3.45. The molecule has 2 bridgehead atoms. The van der Waals surface area contributed by atoms with E-state index in [1.807, 2.05) is 4.90 Å². The second-order valence-electron chi connectivity index (χ2n) is 7.61. The summed E-state index contributed by atoms with van der Waals surface area (Å²) in [4.78, 5) is 10.2. The van der Waals surface area contributed by atoms with E-state index < -0.39 is 35.6 Å². The second-order valence-corrected chi connectivity index (χ2v) is 8.51. The van der Waals surface area contributed by atoms with Gasteiger partial charge in [0.1, 0.15) is 23.3 Å². The molecule has 0 spiro atoms. The van der Waals surface area contributed by atoms with Crippen molar-refractivity contribution in [1.29, 1.82) is 0 Å². The number of alkyl halides is 4. The number of hydrogen-bond donors (Lipinski definition) is 2. The number of nitrogens with zero attached hydrogens (tertiary/aromatic N) is 3. The molecular weight excluding hydrogens is 424 g/mol. The summed E-state index contributed by atoms with van der Waals surface area (Å²) in [5.41, 5.74) is -1.97. The molecular formula is C19H18F4N4O2S. The minimum atomic E-state index is -4.85. The average molecular weight is 442 g/mol. The van der Waals surface area contributed by atoms with Gasteiger partial charge in [-0.15, -0.1) is 11.3 Å². The van der Waals surface area contributed by atoms with Gasteiger partial charge in [0.15, 0.2) is 5.58 Å². The van der Waals surface area contributed by atoms with Crippen molar-refractivity contribution in [3.63, 3.8) is 0 Å².